The lowest BCUT2D eigenvalue weighted by atomic mass is 9.82. The molecule has 3 heterocycles. The van der Waals surface area contributed by atoms with Crippen LogP contribution < -0.4 is 4.90 Å². The van der Waals surface area contributed by atoms with E-state index in [-0.39, 0.29) is 5.41 Å². The van der Waals surface area contributed by atoms with Crippen molar-refractivity contribution in [3.8, 4) is 39.1 Å². The van der Waals surface area contributed by atoms with Crippen LogP contribution in [0, 0.1) is 0 Å². The Labute approximate surface area is 348 Å². The number of aromatic nitrogens is 3. The molecule has 12 rings (SSSR count). The number of anilines is 3. The summed E-state index contributed by atoms with van der Waals surface area (Å²) in [5.74, 6) is 0. The minimum atomic E-state index is -0.103. The number of imidazole rings is 1. The van der Waals surface area contributed by atoms with Crippen LogP contribution in [0.1, 0.15) is 25.0 Å². The van der Waals surface area contributed by atoms with Crippen molar-refractivity contribution in [1.29, 1.82) is 0 Å². The van der Waals surface area contributed by atoms with Crippen LogP contribution in [0.5, 0.6) is 0 Å². The summed E-state index contributed by atoms with van der Waals surface area (Å²) in [5, 5.41) is 2.39. The molecule has 0 fully saturated rings. The fraction of sp³-hybridized carbons (Fsp3) is 0.0536. The second-order valence-corrected chi connectivity index (χ2v) is 16.5. The zero-order chi connectivity index (χ0) is 40.0. The average molecular weight is 769 g/mol. The van der Waals surface area contributed by atoms with Gasteiger partial charge in [0.2, 0.25) is 0 Å². The van der Waals surface area contributed by atoms with E-state index in [4.69, 9.17) is 4.98 Å². The molecule has 4 nitrogen and oxygen atoms in total. The van der Waals surface area contributed by atoms with E-state index >= 15 is 0 Å². The van der Waals surface area contributed by atoms with E-state index < -0.39 is 0 Å². The lowest BCUT2D eigenvalue weighted by Gasteiger charge is -2.28. The normalized spacial score (nSPS) is 13.0. The number of benzene rings is 8. The summed E-state index contributed by atoms with van der Waals surface area (Å²) in [6, 6.07) is 72.8. The highest BCUT2D eigenvalue weighted by molar-refractivity contribution is 6.14. The van der Waals surface area contributed by atoms with Gasteiger partial charge in [-0.2, -0.15) is 0 Å². The Morgan fingerprint density at radius 2 is 1.03 bits per heavy atom. The summed E-state index contributed by atoms with van der Waals surface area (Å²) < 4.78 is 4.56. The minimum absolute atomic E-state index is 0.103. The van der Waals surface area contributed by atoms with Gasteiger partial charge in [0.1, 0.15) is 5.65 Å². The smallest absolute Gasteiger partial charge is 0.137 e. The monoisotopic (exact) mass is 768 g/mol. The topological polar surface area (TPSA) is 25.5 Å². The van der Waals surface area contributed by atoms with Crippen molar-refractivity contribution in [2.24, 2.45) is 0 Å². The number of hydrogen-bond acceptors (Lipinski definition) is 2. The first kappa shape index (κ1) is 34.4. The van der Waals surface area contributed by atoms with Gasteiger partial charge in [-0.05, 0) is 129 Å². The van der Waals surface area contributed by atoms with Gasteiger partial charge in [0, 0.05) is 45.1 Å². The maximum atomic E-state index is 5.02. The molecule has 60 heavy (non-hydrogen) atoms. The highest BCUT2D eigenvalue weighted by Gasteiger charge is 2.35. The number of para-hydroxylation sites is 1. The lowest BCUT2D eigenvalue weighted by Crippen LogP contribution is -2.16. The average Bonchev–Trinajstić information content (AvgIpc) is 3.91. The third kappa shape index (κ3) is 5.27. The Hall–Kier alpha value is -7.69. The zero-order valence-electron chi connectivity index (χ0n) is 33.4. The second kappa shape index (κ2) is 13.2. The van der Waals surface area contributed by atoms with E-state index in [2.05, 4.69) is 228 Å². The molecule has 1 aliphatic rings. The SMILES string of the molecule is CC1(C)c2ccccc2-c2ccc(N(c3ccc(-c4ccccc4)cc3)c3ccc(-c4ccc5c(c4)c4cc6nc7ccccn7c6cc4n5-c4ccccc4)cc3)cc21. The first-order valence-electron chi connectivity index (χ1n) is 20.7. The number of nitrogens with zero attached hydrogens (tertiary/aromatic N) is 4. The molecule has 3 aromatic heterocycles. The van der Waals surface area contributed by atoms with Crippen molar-refractivity contribution < 1.29 is 0 Å². The fourth-order valence-corrected chi connectivity index (χ4v) is 9.73. The van der Waals surface area contributed by atoms with Crippen LogP contribution in [0.15, 0.2) is 206 Å². The van der Waals surface area contributed by atoms with Crippen LogP contribution in [-0.2, 0) is 5.41 Å². The van der Waals surface area contributed by atoms with Crippen molar-refractivity contribution >= 4 is 55.5 Å². The van der Waals surface area contributed by atoms with Crippen LogP contribution >= 0.6 is 0 Å². The Balaban J connectivity index is 0.980. The highest BCUT2D eigenvalue weighted by Crippen LogP contribution is 2.51. The summed E-state index contributed by atoms with van der Waals surface area (Å²) in [4.78, 5) is 7.42. The third-order valence-electron chi connectivity index (χ3n) is 12.7. The molecule has 4 heteroatoms. The van der Waals surface area contributed by atoms with Crippen molar-refractivity contribution in [1.82, 2.24) is 14.0 Å². The molecular weight excluding hydrogens is 729 g/mol. The molecule has 284 valence electrons. The number of rotatable bonds is 6. The van der Waals surface area contributed by atoms with Crippen LogP contribution in [0.3, 0.4) is 0 Å². The van der Waals surface area contributed by atoms with Gasteiger partial charge in [0.15, 0.2) is 0 Å². The van der Waals surface area contributed by atoms with Crippen molar-refractivity contribution in [3.05, 3.63) is 218 Å². The first-order valence-corrected chi connectivity index (χ1v) is 20.7. The molecule has 0 saturated heterocycles. The molecule has 0 aliphatic heterocycles. The molecule has 0 amide bonds. The summed E-state index contributed by atoms with van der Waals surface area (Å²) in [6.07, 6.45) is 2.10. The van der Waals surface area contributed by atoms with Crippen LogP contribution in [0.4, 0.5) is 17.1 Å². The molecule has 0 bridgehead atoms. The predicted octanol–water partition coefficient (Wildman–Crippen LogP) is 14.7. The number of pyridine rings is 1. The van der Waals surface area contributed by atoms with Gasteiger partial charge in [-0.3, -0.25) is 4.40 Å². The summed E-state index contributed by atoms with van der Waals surface area (Å²) in [6.45, 7) is 4.70. The maximum absolute atomic E-state index is 5.02. The first-order chi connectivity index (χ1) is 29.5. The Morgan fingerprint density at radius 1 is 0.433 bits per heavy atom. The third-order valence-corrected chi connectivity index (χ3v) is 12.7. The van der Waals surface area contributed by atoms with Gasteiger partial charge < -0.3 is 9.47 Å². The van der Waals surface area contributed by atoms with Crippen molar-refractivity contribution in [2.75, 3.05) is 4.90 Å². The molecule has 0 saturated carbocycles. The highest BCUT2D eigenvalue weighted by atomic mass is 15.1. The largest absolute Gasteiger partial charge is 0.310 e. The molecule has 0 radical (unpaired) electrons. The van der Waals surface area contributed by atoms with Gasteiger partial charge in [-0.1, -0.05) is 129 Å². The Morgan fingerprint density at radius 3 is 1.80 bits per heavy atom. The minimum Gasteiger partial charge on any atom is -0.310 e. The summed E-state index contributed by atoms with van der Waals surface area (Å²) in [7, 11) is 0. The van der Waals surface area contributed by atoms with Gasteiger partial charge in [0.05, 0.1) is 22.1 Å². The van der Waals surface area contributed by atoms with E-state index in [0.717, 1.165) is 44.9 Å². The molecule has 0 N–H and O–H groups in total. The quantitative estimate of drug-likeness (QED) is 0.168. The molecule has 11 aromatic rings. The number of hydrogen-bond donors (Lipinski definition) is 0. The van der Waals surface area contributed by atoms with E-state index in [1.807, 2.05) is 6.07 Å². The maximum Gasteiger partial charge on any atom is 0.137 e. The zero-order valence-corrected chi connectivity index (χ0v) is 33.4. The Kier molecular flexibility index (Phi) is 7.54. The van der Waals surface area contributed by atoms with E-state index in [9.17, 15) is 0 Å². The molecule has 0 spiro atoms. The molecule has 0 atom stereocenters. The fourth-order valence-electron chi connectivity index (χ4n) is 9.73. The molecule has 8 aromatic carbocycles. The molecular formula is C56H40N4. The van der Waals surface area contributed by atoms with Crippen LogP contribution in [0.25, 0.3) is 77.6 Å². The predicted molar refractivity (Wildman–Crippen MR) is 250 cm³/mol. The van der Waals surface area contributed by atoms with Gasteiger partial charge in [-0.15, -0.1) is 0 Å². The van der Waals surface area contributed by atoms with Crippen LogP contribution in [0.2, 0.25) is 0 Å². The van der Waals surface area contributed by atoms with Crippen molar-refractivity contribution in [3.63, 3.8) is 0 Å². The summed E-state index contributed by atoms with van der Waals surface area (Å²) >= 11 is 0. The standard InChI is InChI=1S/C56H40N4/c1-56(2)49-18-10-9-17-45(49)46-30-29-44(34-50(46)56)59(42-25-20-38(21-26-42)37-13-5-3-6-14-37)43-27-22-39(23-28-43)40-24-31-52-47(33-40)48-35-51-54(58-32-12-11-19-55(58)57-51)36-53(48)60(52)41-15-7-4-8-16-41/h3-36H,1-2H3. The second-order valence-electron chi connectivity index (χ2n) is 16.5. The van der Waals surface area contributed by atoms with E-state index in [1.165, 1.54) is 60.8 Å². The van der Waals surface area contributed by atoms with Gasteiger partial charge in [-0.25, -0.2) is 4.98 Å². The lowest BCUT2D eigenvalue weighted by molar-refractivity contribution is 0.660. The number of fused-ring (bicyclic) bond motifs is 9. The summed E-state index contributed by atoms with van der Waals surface area (Å²) in [5.41, 5.74) is 19.9. The van der Waals surface area contributed by atoms with Gasteiger partial charge >= 0.3 is 0 Å². The Bertz CT molecular complexity index is 3430. The molecule has 0 unspecified atom stereocenters. The van der Waals surface area contributed by atoms with Gasteiger partial charge in [0.25, 0.3) is 0 Å². The van der Waals surface area contributed by atoms with E-state index in [1.54, 1.807) is 0 Å². The van der Waals surface area contributed by atoms with E-state index in [0.29, 0.717) is 0 Å². The molecule has 1 aliphatic carbocycles. The van der Waals surface area contributed by atoms with Crippen LogP contribution in [-0.4, -0.2) is 14.0 Å². The van der Waals surface area contributed by atoms with Crippen molar-refractivity contribution in [2.45, 2.75) is 19.3 Å².